The zero-order chi connectivity index (χ0) is 36.7. The van der Waals surface area contributed by atoms with Crippen LogP contribution in [0.3, 0.4) is 0 Å². The van der Waals surface area contributed by atoms with Crippen molar-refractivity contribution in [2.24, 2.45) is 0 Å². The van der Waals surface area contributed by atoms with Crippen molar-refractivity contribution < 1.29 is 14.8 Å². The molecule has 10 aromatic rings. The van der Waals surface area contributed by atoms with Crippen LogP contribution in [-0.2, 0) is 0 Å². The number of benzene rings is 8. The Balaban J connectivity index is 1.15. The Hall–Kier alpha value is -6.22. The van der Waals surface area contributed by atoms with Crippen molar-refractivity contribution in [3.63, 3.8) is 0 Å². The van der Waals surface area contributed by atoms with Crippen molar-refractivity contribution in [3.8, 4) is 28.3 Å². The minimum Gasteiger partial charge on any atom is -0.458 e. The highest BCUT2D eigenvalue weighted by Crippen LogP contribution is 2.37. The number of rotatable bonds is 5. The first kappa shape index (κ1) is 32.2. The van der Waals surface area contributed by atoms with Crippen LogP contribution in [0, 0.1) is 0 Å². The average molecular weight is 742 g/mol. The van der Waals surface area contributed by atoms with Gasteiger partial charge in [0.2, 0.25) is 0 Å². The van der Waals surface area contributed by atoms with E-state index in [-0.39, 0.29) is 0 Å². The number of aromatic nitrogens is 1. The molecule has 2 N–H and O–H groups in total. The Morgan fingerprint density at radius 2 is 1.13 bits per heavy atom. The third kappa shape index (κ3) is 4.71. The number of hydrogen-bond donors (Lipinski definition) is 2. The second-order valence-electron chi connectivity index (χ2n) is 14.2. The van der Waals surface area contributed by atoms with Gasteiger partial charge in [-0.15, -0.1) is 11.3 Å². The zero-order valence-electron chi connectivity index (χ0n) is 29.6. The number of fused-ring (bicyclic) bond motifs is 8. The van der Waals surface area contributed by atoms with E-state index in [2.05, 4.69) is 162 Å². The van der Waals surface area contributed by atoms with Gasteiger partial charge in [-0.05, 0) is 68.3 Å². The minimum absolute atomic E-state index is 0.367. The van der Waals surface area contributed by atoms with Gasteiger partial charge in [0.1, 0.15) is 11.5 Å². The molecule has 4 nitrogen and oxygen atoms in total. The van der Waals surface area contributed by atoms with Crippen LogP contribution in [0.25, 0.3) is 58.8 Å². The average Bonchev–Trinajstić information content (AvgIpc) is 3.79. The Morgan fingerprint density at radius 1 is 0.509 bits per heavy atom. The Labute approximate surface area is 322 Å². The second-order valence-corrected chi connectivity index (χ2v) is 19.0. The highest BCUT2D eigenvalue weighted by Gasteiger charge is 2.50. The summed E-state index contributed by atoms with van der Waals surface area (Å²) in [5.41, 5.74) is 6.10. The molecule has 260 valence electrons. The maximum Gasteiger partial charge on any atom is 0.492 e. The summed E-state index contributed by atoms with van der Waals surface area (Å²) in [4.78, 5) is 0. The van der Waals surface area contributed by atoms with Crippen LogP contribution in [0.15, 0.2) is 182 Å². The number of nitrogens with zero attached hydrogens (tertiary/aromatic N) is 1. The fourth-order valence-electron chi connectivity index (χ4n) is 9.02. The zero-order valence-corrected chi connectivity index (χ0v) is 31.4. The van der Waals surface area contributed by atoms with Gasteiger partial charge in [0, 0.05) is 42.1 Å². The van der Waals surface area contributed by atoms with E-state index in [1.54, 1.807) is 6.07 Å². The van der Waals surface area contributed by atoms with Crippen molar-refractivity contribution in [3.05, 3.63) is 182 Å². The summed E-state index contributed by atoms with van der Waals surface area (Å²) < 4.78 is 11.5. The first-order valence-electron chi connectivity index (χ1n) is 18.5. The summed E-state index contributed by atoms with van der Waals surface area (Å²) in [6, 6.07) is 64.6. The van der Waals surface area contributed by atoms with Crippen molar-refractivity contribution in [1.29, 1.82) is 0 Å². The standard InChI is InChI=1S/C48H32BNO3SSi/c51-49(52)39-18-11-24-45-47(39)53-42-21-6-8-23-44(42)55(45,46-25-10-17-38-37-16-3-7-22-43(37)54-48(38)46)34-28-26-31(27-29-34)32-12-9-13-33(30-32)50-40-19-4-1-14-35(40)36-15-2-5-20-41(36)50/h1-30,51-52H. The van der Waals surface area contributed by atoms with E-state index in [1.165, 1.54) is 52.4 Å². The number of thiophene rings is 1. The molecule has 0 saturated carbocycles. The van der Waals surface area contributed by atoms with E-state index in [1.807, 2.05) is 29.5 Å². The molecule has 0 spiro atoms. The van der Waals surface area contributed by atoms with E-state index in [0.29, 0.717) is 11.2 Å². The quantitative estimate of drug-likeness (QED) is 0.176. The van der Waals surface area contributed by atoms with Gasteiger partial charge in [0.05, 0.1) is 11.0 Å². The van der Waals surface area contributed by atoms with Crippen LogP contribution >= 0.6 is 11.3 Å². The SMILES string of the molecule is OB(O)c1cccc2c1Oc1ccccc1[Si]2(c1ccc(-c2cccc(-n3c4ccccc4c4ccccc43)c2)cc1)c1cccc2c1sc1ccccc12. The number of hydrogen-bond acceptors (Lipinski definition) is 4. The molecule has 0 amide bonds. The normalized spacial score (nSPS) is 14.9. The van der Waals surface area contributed by atoms with Crippen LogP contribution in [0.1, 0.15) is 0 Å². The van der Waals surface area contributed by atoms with Crippen molar-refractivity contribution in [1.82, 2.24) is 4.57 Å². The number of ether oxygens (including phenoxy) is 1. The first-order chi connectivity index (χ1) is 27.1. The molecule has 8 aromatic carbocycles. The first-order valence-corrected chi connectivity index (χ1v) is 21.3. The molecule has 1 aliphatic rings. The van der Waals surface area contributed by atoms with E-state index < -0.39 is 15.2 Å². The topological polar surface area (TPSA) is 54.6 Å². The molecule has 1 atom stereocenters. The van der Waals surface area contributed by atoms with Gasteiger partial charge in [-0.25, -0.2) is 0 Å². The highest BCUT2D eigenvalue weighted by atomic mass is 32.1. The highest BCUT2D eigenvalue weighted by molar-refractivity contribution is 7.31. The lowest BCUT2D eigenvalue weighted by Gasteiger charge is -2.40. The third-order valence-corrected chi connectivity index (χ3v) is 17.6. The molecule has 11 rings (SSSR count). The molecule has 2 aromatic heterocycles. The smallest absolute Gasteiger partial charge is 0.458 e. The Morgan fingerprint density at radius 3 is 1.91 bits per heavy atom. The summed E-state index contributed by atoms with van der Waals surface area (Å²) in [5, 5.41) is 30.9. The molecule has 0 saturated heterocycles. The van der Waals surface area contributed by atoms with Gasteiger partial charge in [0.25, 0.3) is 0 Å². The lowest BCUT2D eigenvalue weighted by atomic mass is 9.79. The predicted octanol–water partition coefficient (Wildman–Crippen LogP) is 7.98. The van der Waals surface area contributed by atoms with Crippen molar-refractivity contribution >= 4 is 94.7 Å². The van der Waals surface area contributed by atoms with Gasteiger partial charge in [-0.3, -0.25) is 0 Å². The van der Waals surface area contributed by atoms with Gasteiger partial charge in [0.15, 0.2) is 8.07 Å². The molecule has 55 heavy (non-hydrogen) atoms. The van der Waals surface area contributed by atoms with E-state index in [9.17, 15) is 10.0 Å². The molecule has 3 heterocycles. The predicted molar refractivity (Wildman–Crippen MR) is 233 cm³/mol. The second kappa shape index (κ2) is 12.4. The van der Waals surface area contributed by atoms with Crippen LogP contribution in [0.5, 0.6) is 11.5 Å². The molecule has 1 aliphatic heterocycles. The van der Waals surface area contributed by atoms with Gasteiger partial charge in [-0.2, -0.15) is 0 Å². The molecule has 0 fully saturated rings. The van der Waals surface area contributed by atoms with Gasteiger partial charge in [-0.1, -0.05) is 146 Å². The summed E-state index contributed by atoms with van der Waals surface area (Å²) in [7, 11) is -4.85. The fourth-order valence-corrected chi connectivity index (χ4v) is 15.8. The van der Waals surface area contributed by atoms with Crippen LogP contribution < -0.4 is 30.9 Å². The molecule has 1 unspecified atom stereocenters. The maximum absolute atomic E-state index is 10.7. The number of para-hydroxylation sites is 4. The molecule has 0 radical (unpaired) electrons. The molecule has 0 bridgehead atoms. The monoisotopic (exact) mass is 741 g/mol. The van der Waals surface area contributed by atoms with Crippen molar-refractivity contribution in [2.45, 2.75) is 0 Å². The van der Waals surface area contributed by atoms with Crippen molar-refractivity contribution in [2.75, 3.05) is 0 Å². The van der Waals surface area contributed by atoms with Crippen LogP contribution in [0.2, 0.25) is 0 Å². The molecular formula is C48H32BNO3SSi. The Kier molecular flexibility index (Phi) is 7.28. The molecule has 7 heteroatoms. The third-order valence-electron chi connectivity index (χ3n) is 11.4. The summed E-state index contributed by atoms with van der Waals surface area (Å²) >= 11 is 1.83. The molecule has 0 aliphatic carbocycles. The van der Waals surface area contributed by atoms with E-state index >= 15 is 0 Å². The lowest BCUT2D eigenvalue weighted by Crippen LogP contribution is -2.76. The summed E-state index contributed by atoms with van der Waals surface area (Å²) in [6.45, 7) is 0. The van der Waals surface area contributed by atoms with Crippen LogP contribution in [0.4, 0.5) is 0 Å². The maximum atomic E-state index is 10.7. The minimum atomic E-state index is -3.16. The van der Waals surface area contributed by atoms with Gasteiger partial charge >= 0.3 is 7.12 Å². The van der Waals surface area contributed by atoms with Gasteiger partial charge < -0.3 is 19.4 Å². The summed E-state index contributed by atoms with van der Waals surface area (Å²) in [6.07, 6.45) is 0. The lowest BCUT2D eigenvalue weighted by molar-refractivity contribution is 0.421. The largest absolute Gasteiger partial charge is 0.492 e. The Bertz CT molecular complexity index is 3080. The van der Waals surface area contributed by atoms with Crippen LogP contribution in [-0.4, -0.2) is 29.8 Å². The van der Waals surface area contributed by atoms with E-state index in [0.717, 1.165) is 32.9 Å². The summed E-state index contributed by atoms with van der Waals surface area (Å²) in [5.74, 6) is 1.28. The van der Waals surface area contributed by atoms with E-state index in [4.69, 9.17) is 4.74 Å². The molecular weight excluding hydrogens is 709 g/mol. The fraction of sp³-hybridized carbons (Fsp3) is 0.